The van der Waals surface area contributed by atoms with Gasteiger partial charge in [0.2, 0.25) is 5.91 Å². The maximum atomic E-state index is 11.4. The molecule has 0 unspecified atom stereocenters. The van der Waals surface area contributed by atoms with Crippen LogP contribution in [-0.4, -0.2) is 15.4 Å². The molecule has 0 aliphatic heterocycles. The molecule has 0 heterocycles. The molecule has 1 aromatic rings. The molecule has 5 nitrogen and oxygen atoms in total. The number of aromatic hydroxyl groups is 1. The summed E-state index contributed by atoms with van der Waals surface area (Å²) in [6.45, 7) is 1.66. The Morgan fingerprint density at radius 2 is 2.22 bits per heavy atom. The average Bonchev–Trinajstić information content (AvgIpc) is 2.25. The van der Waals surface area contributed by atoms with Crippen LogP contribution in [0, 0.1) is 6.92 Å². The number of phenolic OH excluding ortho intramolecular Hbond substituents is 1. The second-order valence-corrected chi connectivity index (χ2v) is 4.62. The molecule has 0 aliphatic carbocycles. The van der Waals surface area contributed by atoms with Crippen molar-refractivity contribution in [3.63, 3.8) is 0 Å². The minimum absolute atomic E-state index is 0. The Bertz CT molecular complexity index is 414. The predicted octanol–water partition coefficient (Wildman–Crippen LogP) is -1.74. The first kappa shape index (κ1) is 18.1. The molecule has 0 spiro atoms. The van der Waals surface area contributed by atoms with Crippen LogP contribution in [0.4, 0.5) is 5.69 Å². The Morgan fingerprint density at radius 1 is 1.56 bits per heavy atom. The van der Waals surface area contributed by atoms with E-state index in [-0.39, 0.29) is 47.8 Å². The van der Waals surface area contributed by atoms with Crippen LogP contribution in [-0.2, 0) is 16.3 Å². The second kappa shape index (κ2) is 9.11. The fourth-order valence-electron chi connectivity index (χ4n) is 1.36. The zero-order valence-corrected chi connectivity index (χ0v) is 14.5. The number of aryl methyl sites for hydroxylation is 1. The first-order chi connectivity index (χ1) is 8.08. The van der Waals surface area contributed by atoms with E-state index in [0.29, 0.717) is 22.1 Å². The Labute approximate surface area is 141 Å². The molecule has 0 bridgehead atoms. The molecule has 0 aromatic heterocycles. The third-order valence-electron chi connectivity index (χ3n) is 2.26. The Morgan fingerprint density at radius 3 is 2.78 bits per heavy atom. The first-order valence-corrected chi connectivity index (χ1v) is 6.54. The van der Waals surface area contributed by atoms with Crippen molar-refractivity contribution < 1.29 is 49.6 Å². The van der Waals surface area contributed by atoms with Gasteiger partial charge in [-0.15, -0.1) is 0 Å². The van der Waals surface area contributed by atoms with E-state index < -0.39 is 0 Å². The predicted molar refractivity (Wildman–Crippen MR) is 69.8 cm³/mol. The number of rotatable bonds is 5. The van der Waals surface area contributed by atoms with E-state index in [9.17, 15) is 15.2 Å². The number of carbonyl (C=O) groups is 1. The fourth-order valence-corrected chi connectivity index (χ4v) is 1.85. The van der Waals surface area contributed by atoms with Gasteiger partial charge in [-0.2, -0.15) is 0 Å². The average molecular weight is 373 g/mol. The Balaban J connectivity index is 0.00000289. The van der Waals surface area contributed by atoms with Crippen LogP contribution < -0.4 is 40.1 Å². The Kier molecular flexibility index (Phi) is 9.18. The third-order valence-corrected chi connectivity index (χ3v) is 2.80. The number of phenols is 1. The molecule has 94 valence electrons. The van der Waals surface area contributed by atoms with E-state index in [1.807, 2.05) is 0 Å². The van der Waals surface area contributed by atoms with Crippen molar-refractivity contribution in [3.05, 3.63) is 23.3 Å². The summed E-state index contributed by atoms with van der Waals surface area (Å²) in [5.74, 6) is -0.188. The molecule has 2 N–H and O–H groups in total. The standard InChI is InChI=1S/C11H14INO4.Na/c1-7-4-10(14)9(5-8(7)6-17-16)13-11(15)2-3-12;/h4-5,14,16H,2-3,6H2,1H3,(H,13,15);/q;+1/p-1. The number of benzene rings is 1. The quantitative estimate of drug-likeness (QED) is 0.160. The molecule has 0 saturated carbocycles. The number of nitrogens with one attached hydrogen (secondary N) is 1. The van der Waals surface area contributed by atoms with Gasteiger partial charge in [0.15, 0.2) is 0 Å². The molecule has 18 heavy (non-hydrogen) atoms. The minimum Gasteiger partial charge on any atom is -0.723 e. The van der Waals surface area contributed by atoms with Gasteiger partial charge in [0.1, 0.15) is 5.75 Å². The number of anilines is 1. The fraction of sp³-hybridized carbons (Fsp3) is 0.364. The van der Waals surface area contributed by atoms with Crippen molar-refractivity contribution in [1.82, 2.24) is 0 Å². The van der Waals surface area contributed by atoms with Crippen LogP contribution in [0.15, 0.2) is 12.1 Å². The summed E-state index contributed by atoms with van der Waals surface area (Å²) in [6, 6.07) is 3.04. The van der Waals surface area contributed by atoms with E-state index in [1.54, 1.807) is 13.0 Å². The minimum atomic E-state index is -0.174. The number of carbonyl (C=O) groups excluding carboxylic acids is 1. The molecule has 1 amide bonds. The number of hydrogen-bond acceptors (Lipinski definition) is 4. The van der Waals surface area contributed by atoms with Gasteiger partial charge in [-0.25, -0.2) is 0 Å². The van der Waals surface area contributed by atoms with E-state index in [0.717, 1.165) is 5.56 Å². The third kappa shape index (κ3) is 5.41. The maximum absolute atomic E-state index is 11.4. The number of alkyl halides is 1. The number of amides is 1. The van der Waals surface area contributed by atoms with Crippen LogP contribution in [0.1, 0.15) is 17.5 Å². The molecular weight excluding hydrogens is 360 g/mol. The van der Waals surface area contributed by atoms with Crippen LogP contribution in [0.25, 0.3) is 0 Å². The summed E-state index contributed by atoms with van der Waals surface area (Å²) in [7, 11) is 0. The van der Waals surface area contributed by atoms with E-state index in [1.165, 1.54) is 6.07 Å². The van der Waals surface area contributed by atoms with Gasteiger partial charge in [0.25, 0.3) is 0 Å². The molecule has 7 heteroatoms. The summed E-state index contributed by atoms with van der Waals surface area (Å²) in [5.41, 5.74) is 1.69. The van der Waals surface area contributed by atoms with Crippen LogP contribution >= 0.6 is 22.6 Å². The zero-order chi connectivity index (χ0) is 12.8. The van der Waals surface area contributed by atoms with Crippen molar-refractivity contribution in [2.75, 3.05) is 9.74 Å². The van der Waals surface area contributed by atoms with Gasteiger partial charge in [-0.3, -0.25) is 4.79 Å². The number of hydrogen-bond donors (Lipinski definition) is 2. The molecule has 1 rings (SSSR count). The molecular formula is C11H13INNaO4. The van der Waals surface area contributed by atoms with Crippen molar-refractivity contribution in [3.8, 4) is 5.75 Å². The SMILES string of the molecule is Cc1cc(O)c(NC(=O)CCI)cc1CO[O-].[Na+]. The van der Waals surface area contributed by atoms with Gasteiger partial charge in [-0.1, -0.05) is 22.6 Å². The largest absolute Gasteiger partial charge is 1.00 e. The molecule has 0 fully saturated rings. The van der Waals surface area contributed by atoms with Crippen LogP contribution in [0.2, 0.25) is 0 Å². The van der Waals surface area contributed by atoms with E-state index in [2.05, 4.69) is 32.8 Å². The van der Waals surface area contributed by atoms with Crippen molar-refractivity contribution in [1.29, 1.82) is 0 Å². The summed E-state index contributed by atoms with van der Waals surface area (Å²) in [5, 5.41) is 22.4. The molecule has 1 aromatic carbocycles. The van der Waals surface area contributed by atoms with Crippen LogP contribution in [0.5, 0.6) is 5.75 Å². The summed E-state index contributed by atoms with van der Waals surface area (Å²) in [4.78, 5) is 15.2. The number of halogens is 1. The van der Waals surface area contributed by atoms with Gasteiger partial charge in [0, 0.05) is 10.8 Å². The molecule has 0 atom stereocenters. The van der Waals surface area contributed by atoms with Gasteiger partial charge >= 0.3 is 29.6 Å². The maximum Gasteiger partial charge on any atom is 1.00 e. The zero-order valence-electron chi connectivity index (χ0n) is 10.3. The Hall–Kier alpha value is 0.140. The topological polar surface area (TPSA) is 81.6 Å². The monoisotopic (exact) mass is 373 g/mol. The molecule has 0 aliphatic rings. The van der Waals surface area contributed by atoms with Crippen molar-refractivity contribution in [2.45, 2.75) is 20.0 Å². The summed E-state index contributed by atoms with van der Waals surface area (Å²) < 4.78 is 0.701. The van der Waals surface area contributed by atoms with Gasteiger partial charge < -0.3 is 20.6 Å². The van der Waals surface area contributed by atoms with Crippen molar-refractivity contribution >= 4 is 34.2 Å². The summed E-state index contributed by atoms with van der Waals surface area (Å²) in [6.07, 6.45) is 0.376. The molecule has 0 saturated heterocycles. The normalized spacial score (nSPS) is 9.72. The van der Waals surface area contributed by atoms with Crippen molar-refractivity contribution in [2.24, 2.45) is 0 Å². The smallest absolute Gasteiger partial charge is 0.723 e. The van der Waals surface area contributed by atoms with Crippen LogP contribution in [0.3, 0.4) is 0 Å². The van der Waals surface area contributed by atoms with Gasteiger partial charge in [0.05, 0.1) is 12.3 Å². The second-order valence-electron chi connectivity index (χ2n) is 3.55. The van der Waals surface area contributed by atoms with E-state index >= 15 is 0 Å². The van der Waals surface area contributed by atoms with Gasteiger partial charge in [-0.05, 0) is 30.2 Å². The molecule has 0 radical (unpaired) electrons. The summed E-state index contributed by atoms with van der Waals surface area (Å²) >= 11 is 2.09. The van der Waals surface area contributed by atoms with E-state index in [4.69, 9.17) is 0 Å². The first-order valence-electron chi connectivity index (χ1n) is 5.01.